The Bertz CT molecular complexity index is 253. The Morgan fingerprint density at radius 1 is 1.25 bits per heavy atom. The van der Waals surface area contributed by atoms with E-state index < -0.39 is 0 Å². The van der Waals surface area contributed by atoms with E-state index in [4.69, 9.17) is 9.47 Å². The molecule has 1 fully saturated rings. The first-order chi connectivity index (χ1) is 7.81. The lowest BCUT2D eigenvalue weighted by Crippen LogP contribution is -2.37. The molecule has 3 heteroatoms. The Balaban J connectivity index is 2.53. The van der Waals surface area contributed by atoms with Crippen molar-refractivity contribution in [2.24, 2.45) is 0 Å². The largest absolute Gasteiger partial charge is 0.494 e. The first kappa shape index (κ1) is 13.3. The van der Waals surface area contributed by atoms with Crippen molar-refractivity contribution in [3.8, 4) is 0 Å². The van der Waals surface area contributed by atoms with Crippen LogP contribution in [0.4, 0.5) is 0 Å². The molecule has 3 nitrogen and oxygen atoms in total. The maximum absolute atomic E-state index is 5.62. The molecule has 0 aromatic carbocycles. The highest BCUT2D eigenvalue weighted by molar-refractivity contribution is 5.26. The van der Waals surface area contributed by atoms with Crippen LogP contribution in [0, 0.1) is 0 Å². The average Bonchev–Trinajstić information content (AvgIpc) is 2.35. The number of rotatable bonds is 5. The van der Waals surface area contributed by atoms with Crippen LogP contribution in [-0.2, 0) is 9.47 Å². The molecule has 1 aliphatic rings. The van der Waals surface area contributed by atoms with Crippen molar-refractivity contribution in [2.75, 3.05) is 39.5 Å². The van der Waals surface area contributed by atoms with Crippen LogP contribution in [0.3, 0.4) is 0 Å². The van der Waals surface area contributed by atoms with Crippen LogP contribution in [0.2, 0.25) is 0 Å². The van der Waals surface area contributed by atoms with Crippen molar-refractivity contribution in [1.82, 2.24) is 4.90 Å². The van der Waals surface area contributed by atoms with E-state index in [-0.39, 0.29) is 0 Å². The minimum absolute atomic E-state index is 0.722. The molecule has 0 aliphatic carbocycles. The first-order valence-corrected chi connectivity index (χ1v) is 6.06. The molecule has 0 saturated carbocycles. The summed E-state index contributed by atoms with van der Waals surface area (Å²) in [5, 5.41) is 0. The predicted octanol–water partition coefficient (Wildman–Crippen LogP) is 2.21. The number of hydrogen-bond donors (Lipinski definition) is 0. The van der Waals surface area contributed by atoms with Gasteiger partial charge in [0.15, 0.2) is 0 Å². The summed E-state index contributed by atoms with van der Waals surface area (Å²) < 4.78 is 11.0. The zero-order valence-corrected chi connectivity index (χ0v) is 10.7. The third-order valence-corrected chi connectivity index (χ3v) is 2.72. The van der Waals surface area contributed by atoms with Gasteiger partial charge in [-0.15, -0.1) is 0 Å². The van der Waals surface area contributed by atoms with Crippen molar-refractivity contribution >= 4 is 0 Å². The molecule has 0 atom stereocenters. The van der Waals surface area contributed by atoms with E-state index in [0.717, 1.165) is 45.2 Å². The van der Waals surface area contributed by atoms with Crippen LogP contribution in [0.25, 0.3) is 0 Å². The van der Waals surface area contributed by atoms with Crippen molar-refractivity contribution in [2.45, 2.75) is 20.8 Å². The van der Waals surface area contributed by atoms with E-state index in [1.807, 2.05) is 19.9 Å². The fraction of sp³-hybridized carbons (Fsp3) is 0.692. The van der Waals surface area contributed by atoms with Crippen LogP contribution in [0.5, 0.6) is 0 Å². The van der Waals surface area contributed by atoms with E-state index in [2.05, 4.69) is 17.9 Å². The van der Waals surface area contributed by atoms with Gasteiger partial charge in [0.1, 0.15) is 5.76 Å². The summed E-state index contributed by atoms with van der Waals surface area (Å²) in [6, 6.07) is 0. The molecule has 0 N–H and O–H groups in total. The van der Waals surface area contributed by atoms with Crippen LogP contribution >= 0.6 is 0 Å². The maximum Gasteiger partial charge on any atom is 0.119 e. The molecule has 0 aromatic heterocycles. The van der Waals surface area contributed by atoms with Gasteiger partial charge in [0.25, 0.3) is 0 Å². The first-order valence-electron chi connectivity index (χ1n) is 6.06. The molecule has 1 rings (SSSR count). The van der Waals surface area contributed by atoms with Gasteiger partial charge in [0.05, 0.1) is 19.8 Å². The van der Waals surface area contributed by atoms with Crippen LogP contribution in [0.15, 0.2) is 23.5 Å². The minimum atomic E-state index is 0.722. The van der Waals surface area contributed by atoms with E-state index in [1.54, 1.807) is 0 Å². The number of allylic oxidation sites excluding steroid dienone is 2. The van der Waals surface area contributed by atoms with Gasteiger partial charge in [-0.1, -0.05) is 6.08 Å². The molecular formula is C13H23NO2. The predicted molar refractivity (Wildman–Crippen MR) is 66.4 cm³/mol. The van der Waals surface area contributed by atoms with Crippen molar-refractivity contribution < 1.29 is 9.47 Å². The summed E-state index contributed by atoms with van der Waals surface area (Å²) in [5.74, 6) is 1.01. The van der Waals surface area contributed by atoms with Crippen molar-refractivity contribution in [3.63, 3.8) is 0 Å². The van der Waals surface area contributed by atoms with Gasteiger partial charge >= 0.3 is 0 Å². The molecule has 1 aliphatic heterocycles. The van der Waals surface area contributed by atoms with Crippen LogP contribution < -0.4 is 0 Å². The molecule has 0 aromatic rings. The zero-order valence-electron chi connectivity index (χ0n) is 10.7. The summed E-state index contributed by atoms with van der Waals surface area (Å²) in [6.45, 7) is 11.5. The lowest BCUT2D eigenvalue weighted by Gasteiger charge is -2.28. The second-order valence-electron chi connectivity index (χ2n) is 3.79. The van der Waals surface area contributed by atoms with Crippen LogP contribution in [-0.4, -0.2) is 44.4 Å². The summed E-state index contributed by atoms with van der Waals surface area (Å²) in [7, 11) is 0. The van der Waals surface area contributed by atoms with E-state index in [9.17, 15) is 0 Å². The number of ether oxygens (including phenoxy) is 2. The van der Waals surface area contributed by atoms with Gasteiger partial charge in [-0.3, -0.25) is 4.90 Å². The number of morpholine rings is 1. The van der Waals surface area contributed by atoms with Gasteiger partial charge in [0.2, 0.25) is 0 Å². The quantitative estimate of drug-likeness (QED) is 0.529. The zero-order chi connectivity index (χ0) is 11.8. The maximum atomic E-state index is 5.62. The Morgan fingerprint density at radius 2 is 1.94 bits per heavy atom. The Labute approximate surface area is 98.7 Å². The topological polar surface area (TPSA) is 21.7 Å². The van der Waals surface area contributed by atoms with E-state index >= 15 is 0 Å². The normalized spacial score (nSPS) is 19.9. The lowest BCUT2D eigenvalue weighted by atomic mass is 10.1. The molecule has 0 spiro atoms. The summed E-state index contributed by atoms with van der Waals surface area (Å²) >= 11 is 0. The fourth-order valence-electron chi connectivity index (χ4n) is 1.83. The molecule has 0 radical (unpaired) electrons. The fourth-order valence-corrected chi connectivity index (χ4v) is 1.83. The van der Waals surface area contributed by atoms with E-state index in [1.165, 1.54) is 5.57 Å². The Hall–Kier alpha value is -0.800. The highest BCUT2D eigenvalue weighted by atomic mass is 16.5. The molecule has 1 heterocycles. The number of hydrogen-bond acceptors (Lipinski definition) is 3. The minimum Gasteiger partial charge on any atom is -0.494 e. The Morgan fingerprint density at radius 3 is 2.44 bits per heavy atom. The smallest absolute Gasteiger partial charge is 0.119 e. The molecular weight excluding hydrogens is 202 g/mol. The summed E-state index contributed by atoms with van der Waals surface area (Å²) in [5.41, 5.74) is 1.27. The molecule has 0 amide bonds. The molecule has 0 unspecified atom stereocenters. The third-order valence-electron chi connectivity index (χ3n) is 2.72. The monoisotopic (exact) mass is 225 g/mol. The summed E-state index contributed by atoms with van der Waals surface area (Å²) in [6.07, 6.45) is 4.18. The van der Waals surface area contributed by atoms with Crippen molar-refractivity contribution in [3.05, 3.63) is 23.5 Å². The third kappa shape index (κ3) is 3.99. The molecule has 0 bridgehead atoms. The van der Waals surface area contributed by atoms with Gasteiger partial charge in [-0.2, -0.15) is 0 Å². The van der Waals surface area contributed by atoms with E-state index in [0.29, 0.717) is 0 Å². The second kappa shape index (κ2) is 7.47. The molecule has 16 heavy (non-hydrogen) atoms. The molecule has 1 saturated heterocycles. The average molecular weight is 225 g/mol. The van der Waals surface area contributed by atoms with Gasteiger partial charge in [-0.05, 0) is 26.8 Å². The highest BCUT2D eigenvalue weighted by Crippen LogP contribution is 2.14. The highest BCUT2D eigenvalue weighted by Gasteiger charge is 2.14. The molecule has 92 valence electrons. The van der Waals surface area contributed by atoms with Gasteiger partial charge < -0.3 is 9.47 Å². The summed E-state index contributed by atoms with van der Waals surface area (Å²) in [4.78, 5) is 2.40. The SMILES string of the molecule is C/C=C(OCC)/C(=C/C)CN1CCOCC1. The lowest BCUT2D eigenvalue weighted by molar-refractivity contribution is 0.0416. The van der Waals surface area contributed by atoms with Gasteiger partial charge in [-0.25, -0.2) is 0 Å². The second-order valence-corrected chi connectivity index (χ2v) is 3.79. The van der Waals surface area contributed by atoms with Gasteiger partial charge in [0, 0.05) is 25.2 Å². The standard InChI is InChI=1S/C13H23NO2/c1-4-12(13(5-2)16-6-3)11-14-7-9-15-10-8-14/h4-5H,6-11H2,1-3H3/b12-4+,13-5-. The number of nitrogens with zero attached hydrogens (tertiary/aromatic N) is 1. The van der Waals surface area contributed by atoms with Crippen LogP contribution in [0.1, 0.15) is 20.8 Å². The van der Waals surface area contributed by atoms with Crippen molar-refractivity contribution in [1.29, 1.82) is 0 Å². The Kier molecular flexibility index (Phi) is 6.19.